The average molecular weight is 931 g/mol. The number of fused-ring (bicyclic) bond motifs is 2. The van der Waals surface area contributed by atoms with Crippen LogP contribution in [0.1, 0.15) is 31.9 Å². The summed E-state index contributed by atoms with van der Waals surface area (Å²) in [5, 5.41) is 9.88. The standard InChI is InChI=1S/C21H22ClFN4O5S.C21H21ClFN3O4/c1-12-17(7-6-15-18(12)21(28)26(2)11-24-15)32-20-14(23)4-5-16(19(20)22)25-33(29,30)27-8-13(9-27)10-31-3;1-11-15(9-7-13-16(11)19(27)25(5)10-24-13)30-18-12(23)6-8-14(17(18)22)26(20(28)29)21(2,3)4/h4-7,11,13,25H,8-10H2,1-3H3;6-10H,1-5H3,(H,28,29). The predicted octanol–water partition coefficient (Wildman–Crippen LogP) is 8.17. The zero-order valence-electron chi connectivity index (χ0n) is 35.3. The minimum atomic E-state index is -3.89. The van der Waals surface area contributed by atoms with E-state index in [2.05, 4.69) is 14.7 Å². The number of carbonyl (C=O) groups is 1. The molecule has 63 heavy (non-hydrogen) atoms. The summed E-state index contributed by atoms with van der Waals surface area (Å²) in [6.45, 7) is 9.47. The van der Waals surface area contributed by atoms with Crippen LogP contribution in [0.25, 0.3) is 21.8 Å². The highest BCUT2D eigenvalue weighted by molar-refractivity contribution is 7.90. The lowest BCUT2D eigenvalue weighted by molar-refractivity contribution is 0.0825. The Bertz CT molecular complexity index is 3010. The predicted molar refractivity (Wildman–Crippen MR) is 236 cm³/mol. The molecule has 21 heteroatoms. The lowest BCUT2D eigenvalue weighted by Gasteiger charge is -2.37. The molecule has 0 radical (unpaired) electrons. The van der Waals surface area contributed by atoms with Crippen LogP contribution in [0.15, 0.2) is 70.8 Å². The van der Waals surface area contributed by atoms with Gasteiger partial charge in [0.25, 0.3) is 11.1 Å². The number of aromatic nitrogens is 4. The summed E-state index contributed by atoms with van der Waals surface area (Å²) in [6.07, 6.45) is 1.59. The van der Waals surface area contributed by atoms with E-state index in [1.54, 1.807) is 80.1 Å². The number of halogens is 4. The smallest absolute Gasteiger partial charge is 0.412 e. The second-order valence-electron chi connectivity index (χ2n) is 15.7. The van der Waals surface area contributed by atoms with Gasteiger partial charge < -0.3 is 28.5 Å². The van der Waals surface area contributed by atoms with Crippen LogP contribution in [0.3, 0.4) is 0 Å². The van der Waals surface area contributed by atoms with E-state index < -0.39 is 33.5 Å². The molecule has 2 N–H and O–H groups in total. The third-order valence-electron chi connectivity index (χ3n) is 10.1. The van der Waals surface area contributed by atoms with Crippen molar-refractivity contribution in [1.29, 1.82) is 0 Å². The van der Waals surface area contributed by atoms with Crippen LogP contribution in [-0.2, 0) is 29.0 Å². The molecule has 7 rings (SSSR count). The first kappa shape index (κ1) is 46.6. The molecule has 3 heterocycles. The minimum Gasteiger partial charge on any atom is -0.465 e. The van der Waals surface area contributed by atoms with E-state index in [9.17, 15) is 36.7 Å². The van der Waals surface area contributed by atoms with Gasteiger partial charge in [-0.2, -0.15) is 12.7 Å². The van der Waals surface area contributed by atoms with Crippen molar-refractivity contribution in [2.45, 2.75) is 40.2 Å². The highest BCUT2D eigenvalue weighted by atomic mass is 35.5. The SMILES string of the molecule is COCC1CN(S(=O)(=O)Nc2ccc(F)c(Oc3ccc4ncn(C)c(=O)c4c3C)c2Cl)C1.Cc1c(Oc2c(F)ccc(N(C(=O)O)C(C)(C)C)c2Cl)ccc2ncn(C)c(=O)c12. The van der Waals surface area contributed by atoms with Gasteiger partial charge in [-0.1, -0.05) is 23.2 Å². The molecule has 0 saturated carbocycles. The van der Waals surface area contributed by atoms with E-state index in [4.69, 9.17) is 37.4 Å². The molecule has 0 spiro atoms. The fraction of sp³-hybridized carbons (Fsp3) is 0.310. The maximum atomic E-state index is 14.6. The normalized spacial score (nSPS) is 13.3. The van der Waals surface area contributed by atoms with Crippen LogP contribution in [0.5, 0.6) is 23.0 Å². The number of benzene rings is 4. The fourth-order valence-electron chi connectivity index (χ4n) is 6.82. The Kier molecular flexibility index (Phi) is 13.4. The number of anilines is 2. The van der Waals surface area contributed by atoms with Gasteiger partial charge in [0.1, 0.15) is 21.5 Å². The van der Waals surface area contributed by atoms with E-state index in [-0.39, 0.29) is 61.5 Å². The van der Waals surface area contributed by atoms with Crippen LogP contribution in [0.2, 0.25) is 10.0 Å². The minimum absolute atomic E-state index is 0.0284. The number of ether oxygens (including phenoxy) is 3. The van der Waals surface area contributed by atoms with Gasteiger partial charge in [-0.3, -0.25) is 19.2 Å². The Morgan fingerprint density at radius 2 is 1.32 bits per heavy atom. The maximum Gasteiger partial charge on any atom is 0.412 e. The van der Waals surface area contributed by atoms with Crippen LogP contribution >= 0.6 is 23.2 Å². The Labute approximate surface area is 370 Å². The number of nitrogens with zero attached hydrogens (tertiary/aromatic N) is 6. The lowest BCUT2D eigenvalue weighted by Crippen LogP contribution is -2.53. The molecule has 0 aliphatic carbocycles. The van der Waals surface area contributed by atoms with E-state index in [1.165, 1.54) is 38.2 Å². The zero-order chi connectivity index (χ0) is 46.3. The van der Waals surface area contributed by atoms with E-state index in [0.717, 1.165) is 17.0 Å². The van der Waals surface area contributed by atoms with Crippen molar-refractivity contribution in [1.82, 2.24) is 23.4 Å². The number of hydrogen-bond acceptors (Lipinski definition) is 10. The Morgan fingerprint density at radius 1 is 0.841 bits per heavy atom. The van der Waals surface area contributed by atoms with Crippen molar-refractivity contribution in [3.8, 4) is 23.0 Å². The summed E-state index contributed by atoms with van der Waals surface area (Å²) in [7, 11) is 0.820. The molecule has 0 unspecified atom stereocenters. The van der Waals surface area contributed by atoms with Gasteiger partial charge in [0, 0.05) is 56.9 Å². The molecule has 4 aromatic carbocycles. The largest absolute Gasteiger partial charge is 0.465 e. The molecule has 0 bridgehead atoms. The summed E-state index contributed by atoms with van der Waals surface area (Å²) in [5.74, 6) is -1.71. The van der Waals surface area contributed by atoms with Crippen molar-refractivity contribution in [2.75, 3.05) is 36.4 Å². The van der Waals surface area contributed by atoms with Gasteiger partial charge >= 0.3 is 16.3 Å². The van der Waals surface area contributed by atoms with Crippen molar-refractivity contribution >= 4 is 72.7 Å². The van der Waals surface area contributed by atoms with E-state index in [1.807, 2.05) is 0 Å². The fourth-order valence-corrected chi connectivity index (χ4v) is 8.78. The first-order chi connectivity index (χ1) is 29.5. The number of hydrogen-bond donors (Lipinski definition) is 2. The summed E-state index contributed by atoms with van der Waals surface area (Å²) >= 11 is 12.7. The Morgan fingerprint density at radius 3 is 1.78 bits per heavy atom. The summed E-state index contributed by atoms with van der Waals surface area (Å²) in [4.78, 5) is 46.3. The molecule has 1 amide bonds. The van der Waals surface area contributed by atoms with Gasteiger partial charge in [-0.25, -0.2) is 23.5 Å². The molecule has 1 aliphatic rings. The Balaban J connectivity index is 0.000000211. The number of rotatable bonds is 10. The van der Waals surface area contributed by atoms with Crippen molar-refractivity contribution in [3.05, 3.63) is 115 Å². The highest BCUT2D eigenvalue weighted by Crippen LogP contribution is 2.43. The second kappa shape index (κ2) is 18.1. The number of methoxy groups -OCH3 is 1. The number of amides is 1. The third-order valence-corrected chi connectivity index (χ3v) is 12.3. The highest BCUT2D eigenvalue weighted by Gasteiger charge is 2.36. The molecular formula is C42H43Cl2F2N7O9S. The first-order valence-corrected chi connectivity index (χ1v) is 21.3. The molecule has 2 aromatic heterocycles. The average Bonchev–Trinajstić information content (AvgIpc) is 3.19. The van der Waals surface area contributed by atoms with Gasteiger partial charge in [0.15, 0.2) is 23.1 Å². The second-order valence-corrected chi connectivity index (χ2v) is 18.1. The number of aryl methyl sites for hydroxylation is 4. The van der Waals surface area contributed by atoms with Crippen LogP contribution in [0.4, 0.5) is 25.0 Å². The molecule has 1 fully saturated rings. The van der Waals surface area contributed by atoms with E-state index >= 15 is 0 Å². The third kappa shape index (κ3) is 9.42. The molecule has 16 nitrogen and oxygen atoms in total. The van der Waals surface area contributed by atoms with E-state index in [0.29, 0.717) is 52.6 Å². The summed E-state index contributed by atoms with van der Waals surface area (Å²) in [5.41, 5.74) is 0.543. The molecule has 1 saturated heterocycles. The van der Waals surface area contributed by atoms with Crippen LogP contribution in [0, 0.1) is 31.4 Å². The quantitative estimate of drug-likeness (QED) is 0.135. The lowest BCUT2D eigenvalue weighted by atomic mass is 10.1. The molecule has 1 aliphatic heterocycles. The maximum absolute atomic E-state index is 14.6. The van der Waals surface area contributed by atoms with Gasteiger partial charge in [-0.15, -0.1) is 0 Å². The van der Waals surface area contributed by atoms with Crippen LogP contribution in [-0.4, -0.2) is 75.4 Å². The van der Waals surface area contributed by atoms with Crippen LogP contribution < -0.4 is 30.2 Å². The van der Waals surface area contributed by atoms with Gasteiger partial charge in [0.2, 0.25) is 0 Å². The molecule has 334 valence electrons. The van der Waals surface area contributed by atoms with Gasteiger partial charge in [0.05, 0.1) is 52.4 Å². The van der Waals surface area contributed by atoms with Gasteiger partial charge in [-0.05, 0) is 83.1 Å². The Hall–Kier alpha value is -5.86. The van der Waals surface area contributed by atoms with Crippen molar-refractivity contribution in [2.24, 2.45) is 20.0 Å². The molecule has 0 atom stereocenters. The topological polar surface area (TPSA) is 187 Å². The molecular weight excluding hydrogens is 887 g/mol. The first-order valence-electron chi connectivity index (χ1n) is 19.1. The summed E-state index contributed by atoms with van der Waals surface area (Å²) in [6, 6.07) is 10.9. The zero-order valence-corrected chi connectivity index (χ0v) is 37.6. The summed E-state index contributed by atoms with van der Waals surface area (Å²) < 4.78 is 77.3. The number of carboxylic acid groups (broad SMARTS) is 1. The number of nitrogens with one attached hydrogen (secondary N) is 1. The molecule has 6 aromatic rings. The van der Waals surface area contributed by atoms with Crippen molar-refractivity contribution in [3.63, 3.8) is 0 Å². The van der Waals surface area contributed by atoms with Crippen molar-refractivity contribution < 1.29 is 41.3 Å². The monoisotopic (exact) mass is 929 g/mol.